The van der Waals surface area contributed by atoms with Crippen LogP contribution in [0.15, 0.2) is 10.3 Å². The van der Waals surface area contributed by atoms with Crippen molar-refractivity contribution in [3.05, 3.63) is 34.4 Å². The zero-order valence-corrected chi connectivity index (χ0v) is 8.46. The minimum absolute atomic E-state index is 1.08. The average molecular weight is 266 g/mol. The van der Waals surface area contributed by atoms with Crippen LogP contribution in [0.3, 0.4) is 0 Å². The van der Waals surface area contributed by atoms with Gasteiger partial charge in [0.05, 0.1) is 11.1 Å². The lowest BCUT2D eigenvalue weighted by atomic mass is 10.0. The lowest BCUT2D eigenvalue weighted by molar-refractivity contribution is 0.316. The van der Waals surface area contributed by atoms with Gasteiger partial charge in [0, 0.05) is 0 Å². The van der Waals surface area contributed by atoms with Crippen LogP contribution in [-0.4, -0.2) is 22.1 Å². The summed E-state index contributed by atoms with van der Waals surface area (Å²) in [6.07, 6.45) is 0. The molecule has 6 nitrogen and oxygen atoms in total. The number of hydrogen-bond donors (Lipinski definition) is 4. The van der Waals surface area contributed by atoms with E-state index in [2.05, 4.69) is 10.3 Å². The standard InChI is InChI=1S/C8H6F4N4O2/c9-3-1(7(13)15-17)2(8(14)16-18)4(10)6(12)5(3)11/h17-18H,(H2,13,15)(H2,14,16). The third-order valence-corrected chi connectivity index (χ3v) is 1.99. The largest absolute Gasteiger partial charge is 0.409 e. The molecule has 0 spiro atoms. The van der Waals surface area contributed by atoms with Crippen molar-refractivity contribution in [2.45, 2.75) is 0 Å². The van der Waals surface area contributed by atoms with Crippen molar-refractivity contribution in [1.29, 1.82) is 0 Å². The Labute approximate surface area is 96.8 Å². The van der Waals surface area contributed by atoms with E-state index in [0.717, 1.165) is 0 Å². The molecule has 1 aromatic carbocycles. The fraction of sp³-hybridized carbons (Fsp3) is 0. The van der Waals surface area contributed by atoms with E-state index in [1.54, 1.807) is 0 Å². The van der Waals surface area contributed by atoms with Gasteiger partial charge in [0.2, 0.25) is 0 Å². The summed E-state index contributed by atoms with van der Waals surface area (Å²) in [7, 11) is 0. The van der Waals surface area contributed by atoms with Gasteiger partial charge in [-0.15, -0.1) is 0 Å². The molecule has 0 saturated heterocycles. The van der Waals surface area contributed by atoms with Crippen LogP contribution >= 0.6 is 0 Å². The van der Waals surface area contributed by atoms with Crippen LogP contribution in [0.2, 0.25) is 0 Å². The highest BCUT2D eigenvalue weighted by Gasteiger charge is 2.29. The van der Waals surface area contributed by atoms with Gasteiger partial charge in [-0.1, -0.05) is 10.3 Å². The zero-order valence-electron chi connectivity index (χ0n) is 8.46. The van der Waals surface area contributed by atoms with Gasteiger partial charge >= 0.3 is 0 Å². The van der Waals surface area contributed by atoms with Gasteiger partial charge in [0.1, 0.15) is 0 Å². The maximum absolute atomic E-state index is 13.4. The van der Waals surface area contributed by atoms with Crippen molar-refractivity contribution < 1.29 is 28.0 Å². The van der Waals surface area contributed by atoms with Crippen LogP contribution in [-0.2, 0) is 0 Å². The van der Waals surface area contributed by atoms with Crippen LogP contribution in [0.4, 0.5) is 17.6 Å². The second kappa shape index (κ2) is 4.77. The Morgan fingerprint density at radius 3 is 1.22 bits per heavy atom. The molecule has 6 N–H and O–H groups in total. The number of halogens is 4. The Bertz CT molecular complexity index is 510. The van der Waals surface area contributed by atoms with Gasteiger partial charge < -0.3 is 21.9 Å². The van der Waals surface area contributed by atoms with Gasteiger partial charge in [-0.2, -0.15) is 0 Å². The van der Waals surface area contributed by atoms with E-state index in [0.29, 0.717) is 0 Å². The van der Waals surface area contributed by atoms with Gasteiger partial charge in [-0.3, -0.25) is 0 Å². The number of oxime groups is 2. The summed E-state index contributed by atoms with van der Waals surface area (Å²) in [6, 6.07) is 0. The maximum Gasteiger partial charge on any atom is 0.198 e. The first kappa shape index (κ1) is 13.5. The first-order valence-electron chi connectivity index (χ1n) is 4.18. The van der Waals surface area contributed by atoms with Crippen LogP contribution in [0.25, 0.3) is 0 Å². The quantitative estimate of drug-likeness (QED) is 0.118. The second-order valence-corrected chi connectivity index (χ2v) is 2.98. The normalized spacial score (nSPS) is 12.9. The zero-order chi connectivity index (χ0) is 14.0. The number of nitrogens with two attached hydrogens (primary N) is 2. The molecule has 0 unspecified atom stereocenters. The van der Waals surface area contributed by atoms with Crippen molar-refractivity contribution in [1.82, 2.24) is 0 Å². The molecule has 0 bridgehead atoms. The smallest absolute Gasteiger partial charge is 0.198 e. The highest BCUT2D eigenvalue weighted by molar-refractivity contribution is 6.10. The van der Waals surface area contributed by atoms with E-state index in [4.69, 9.17) is 21.9 Å². The average Bonchev–Trinajstić information content (AvgIpc) is 2.38. The molecule has 0 aromatic heterocycles. The summed E-state index contributed by atoms with van der Waals surface area (Å²) < 4.78 is 52.7. The lowest BCUT2D eigenvalue weighted by Gasteiger charge is -2.11. The Morgan fingerprint density at radius 2 is 1.00 bits per heavy atom. The van der Waals surface area contributed by atoms with Crippen molar-refractivity contribution in [2.75, 3.05) is 0 Å². The topological polar surface area (TPSA) is 117 Å². The molecule has 0 aliphatic rings. The van der Waals surface area contributed by atoms with Gasteiger partial charge in [-0.05, 0) is 0 Å². The minimum Gasteiger partial charge on any atom is -0.409 e. The molecule has 0 saturated carbocycles. The molecule has 0 amide bonds. The Balaban J connectivity index is 3.88. The molecule has 18 heavy (non-hydrogen) atoms. The van der Waals surface area contributed by atoms with Gasteiger partial charge in [0.25, 0.3) is 0 Å². The predicted molar refractivity (Wildman–Crippen MR) is 51.3 cm³/mol. The van der Waals surface area contributed by atoms with E-state index in [1.807, 2.05) is 0 Å². The summed E-state index contributed by atoms with van der Waals surface area (Å²) in [4.78, 5) is 0. The molecule has 1 rings (SSSR count). The Morgan fingerprint density at radius 1 is 0.722 bits per heavy atom. The minimum atomic E-state index is -2.18. The van der Waals surface area contributed by atoms with E-state index >= 15 is 0 Å². The molecule has 0 radical (unpaired) electrons. The van der Waals surface area contributed by atoms with Crippen molar-refractivity contribution in [2.24, 2.45) is 21.8 Å². The predicted octanol–water partition coefficient (Wildman–Crippen LogP) is 0.432. The summed E-state index contributed by atoms with van der Waals surface area (Å²) in [5.41, 5.74) is 7.65. The lowest BCUT2D eigenvalue weighted by Crippen LogP contribution is -2.27. The number of benzene rings is 1. The van der Waals surface area contributed by atoms with Crippen LogP contribution in [0.5, 0.6) is 0 Å². The van der Waals surface area contributed by atoms with E-state index < -0.39 is 46.1 Å². The first-order chi connectivity index (χ1) is 8.36. The molecule has 1 aromatic rings. The highest BCUT2D eigenvalue weighted by atomic mass is 19.2. The van der Waals surface area contributed by atoms with Crippen molar-refractivity contribution >= 4 is 11.7 Å². The number of hydrogen-bond acceptors (Lipinski definition) is 4. The number of nitrogens with zero attached hydrogens (tertiary/aromatic N) is 2. The molecule has 0 fully saturated rings. The third-order valence-electron chi connectivity index (χ3n) is 1.99. The van der Waals surface area contributed by atoms with E-state index in [9.17, 15) is 17.6 Å². The van der Waals surface area contributed by atoms with Crippen molar-refractivity contribution in [3.8, 4) is 0 Å². The Kier molecular flexibility index (Phi) is 3.59. The molecular weight excluding hydrogens is 260 g/mol. The monoisotopic (exact) mass is 266 g/mol. The summed E-state index contributed by atoms with van der Waals surface area (Å²) in [5, 5.41) is 21.3. The van der Waals surface area contributed by atoms with E-state index in [1.165, 1.54) is 0 Å². The molecule has 98 valence electrons. The number of amidine groups is 2. The maximum atomic E-state index is 13.4. The van der Waals surface area contributed by atoms with Crippen LogP contribution in [0.1, 0.15) is 11.1 Å². The van der Waals surface area contributed by atoms with Gasteiger partial charge in [0.15, 0.2) is 34.9 Å². The second-order valence-electron chi connectivity index (χ2n) is 2.98. The van der Waals surface area contributed by atoms with Gasteiger partial charge in [-0.25, -0.2) is 17.6 Å². The molecule has 0 heterocycles. The fourth-order valence-corrected chi connectivity index (χ4v) is 1.21. The summed E-state index contributed by atoms with van der Waals surface area (Å²) in [6.45, 7) is 0. The molecule has 0 atom stereocenters. The SMILES string of the molecule is N/C(=N\O)c1c(F)c(F)c(F)c(F)c1/C(N)=N/O. The molecule has 0 aliphatic heterocycles. The fourth-order valence-electron chi connectivity index (χ4n) is 1.21. The molecule has 0 aliphatic carbocycles. The third kappa shape index (κ3) is 1.87. The summed E-state index contributed by atoms with van der Waals surface area (Å²) in [5.74, 6) is -10.4. The summed E-state index contributed by atoms with van der Waals surface area (Å²) >= 11 is 0. The molecular formula is C8H6F4N4O2. The van der Waals surface area contributed by atoms with Crippen LogP contribution in [0, 0.1) is 23.3 Å². The number of rotatable bonds is 2. The van der Waals surface area contributed by atoms with Crippen LogP contribution < -0.4 is 11.5 Å². The first-order valence-corrected chi connectivity index (χ1v) is 4.18. The Hall–Kier alpha value is -2.52. The highest BCUT2D eigenvalue weighted by Crippen LogP contribution is 2.24. The van der Waals surface area contributed by atoms with E-state index in [-0.39, 0.29) is 0 Å². The van der Waals surface area contributed by atoms with Crippen molar-refractivity contribution in [3.63, 3.8) is 0 Å². The molecule has 10 heteroatoms.